The number of anilines is 1. The highest BCUT2D eigenvalue weighted by atomic mass is 32.1. The lowest BCUT2D eigenvalue weighted by Crippen LogP contribution is -2.30. The van der Waals surface area contributed by atoms with Crippen molar-refractivity contribution in [2.75, 3.05) is 25.5 Å². The summed E-state index contributed by atoms with van der Waals surface area (Å²) in [5, 5.41) is 15.3. The minimum atomic E-state index is 0.284. The summed E-state index contributed by atoms with van der Waals surface area (Å²) in [5.41, 5.74) is 0. The molecule has 0 amide bonds. The topological polar surface area (TPSA) is 61.3 Å². The molecule has 1 fully saturated rings. The monoisotopic (exact) mass is 306 g/mol. The average Bonchev–Trinajstić information content (AvgIpc) is 3.13. The number of aromatic nitrogens is 2. The van der Waals surface area contributed by atoms with Crippen LogP contribution in [0.2, 0.25) is 0 Å². The number of aliphatic hydroxyl groups is 1. The molecule has 0 saturated carbocycles. The maximum atomic E-state index is 9.02. The molecule has 3 heterocycles. The zero-order chi connectivity index (χ0) is 14.7. The van der Waals surface area contributed by atoms with Crippen molar-refractivity contribution in [1.29, 1.82) is 0 Å². The highest BCUT2D eigenvalue weighted by Gasteiger charge is 2.25. The van der Waals surface area contributed by atoms with Crippen molar-refractivity contribution < 1.29 is 5.11 Å². The Morgan fingerprint density at radius 2 is 2.38 bits per heavy atom. The van der Waals surface area contributed by atoms with E-state index in [4.69, 9.17) is 10.1 Å². The van der Waals surface area contributed by atoms with Crippen LogP contribution in [-0.2, 0) is 6.54 Å². The second-order valence-electron chi connectivity index (χ2n) is 5.51. The van der Waals surface area contributed by atoms with Crippen LogP contribution in [0.25, 0.3) is 10.2 Å². The van der Waals surface area contributed by atoms with Gasteiger partial charge in [-0.3, -0.25) is 4.90 Å². The van der Waals surface area contributed by atoms with E-state index in [1.807, 2.05) is 7.05 Å². The first-order valence-corrected chi connectivity index (χ1v) is 8.46. The Hall–Kier alpha value is -1.24. The molecule has 2 N–H and O–H groups in total. The zero-order valence-electron chi connectivity index (χ0n) is 12.4. The fourth-order valence-electron chi connectivity index (χ4n) is 3.10. The van der Waals surface area contributed by atoms with Crippen LogP contribution < -0.4 is 5.32 Å². The van der Waals surface area contributed by atoms with Gasteiger partial charge in [0.05, 0.1) is 11.9 Å². The number of likely N-dealkylation sites (tertiary alicyclic amines) is 1. The van der Waals surface area contributed by atoms with Gasteiger partial charge in [-0.1, -0.05) is 0 Å². The SMILES string of the molecule is CNc1nc(CN2CCCC2CCCO)nc2sccc12. The Balaban J connectivity index is 1.77. The smallest absolute Gasteiger partial charge is 0.146 e. The van der Waals surface area contributed by atoms with Crippen molar-refractivity contribution in [3.63, 3.8) is 0 Å². The minimum absolute atomic E-state index is 0.284. The molecule has 2 aromatic rings. The third-order valence-electron chi connectivity index (χ3n) is 4.15. The summed E-state index contributed by atoms with van der Waals surface area (Å²) in [6.45, 7) is 2.20. The van der Waals surface area contributed by atoms with E-state index < -0.39 is 0 Å². The summed E-state index contributed by atoms with van der Waals surface area (Å²) in [7, 11) is 1.91. The van der Waals surface area contributed by atoms with E-state index in [0.29, 0.717) is 6.04 Å². The van der Waals surface area contributed by atoms with Gasteiger partial charge in [-0.05, 0) is 43.7 Å². The van der Waals surface area contributed by atoms with Gasteiger partial charge in [-0.2, -0.15) is 0 Å². The Bertz CT molecular complexity index is 600. The predicted octanol–water partition coefficient (Wildman–Crippen LogP) is 2.47. The fraction of sp³-hybridized carbons (Fsp3) is 0.600. The minimum Gasteiger partial charge on any atom is -0.396 e. The number of hydrogen-bond donors (Lipinski definition) is 2. The molecule has 0 aromatic carbocycles. The molecular formula is C15H22N4OS. The molecule has 0 aliphatic carbocycles. The molecule has 5 nitrogen and oxygen atoms in total. The number of nitrogens with zero attached hydrogens (tertiary/aromatic N) is 3. The van der Waals surface area contributed by atoms with E-state index in [1.54, 1.807) is 11.3 Å². The van der Waals surface area contributed by atoms with E-state index in [0.717, 1.165) is 47.8 Å². The Labute approximate surface area is 129 Å². The lowest BCUT2D eigenvalue weighted by molar-refractivity contribution is 0.206. The summed E-state index contributed by atoms with van der Waals surface area (Å²) in [5.74, 6) is 1.81. The van der Waals surface area contributed by atoms with Crippen molar-refractivity contribution in [3.05, 3.63) is 17.3 Å². The molecule has 0 bridgehead atoms. The first kappa shape index (κ1) is 14.7. The second-order valence-corrected chi connectivity index (χ2v) is 6.40. The van der Waals surface area contributed by atoms with E-state index in [2.05, 4.69) is 26.6 Å². The predicted molar refractivity (Wildman–Crippen MR) is 86.7 cm³/mol. The van der Waals surface area contributed by atoms with Crippen LogP contribution in [0.1, 0.15) is 31.5 Å². The molecule has 0 spiro atoms. The molecule has 1 unspecified atom stereocenters. The van der Waals surface area contributed by atoms with Gasteiger partial charge in [-0.15, -0.1) is 11.3 Å². The number of nitrogens with one attached hydrogen (secondary N) is 1. The normalized spacial score (nSPS) is 19.4. The second kappa shape index (κ2) is 6.68. The van der Waals surface area contributed by atoms with E-state index >= 15 is 0 Å². The Morgan fingerprint density at radius 1 is 1.48 bits per heavy atom. The molecule has 1 atom stereocenters. The van der Waals surface area contributed by atoms with Crippen LogP contribution >= 0.6 is 11.3 Å². The van der Waals surface area contributed by atoms with Gasteiger partial charge in [0, 0.05) is 19.7 Å². The zero-order valence-corrected chi connectivity index (χ0v) is 13.2. The molecule has 0 radical (unpaired) electrons. The average molecular weight is 306 g/mol. The molecule has 1 saturated heterocycles. The molecule has 3 rings (SSSR count). The number of rotatable bonds is 6. The largest absolute Gasteiger partial charge is 0.396 e. The lowest BCUT2D eigenvalue weighted by Gasteiger charge is -2.23. The number of fused-ring (bicyclic) bond motifs is 1. The number of thiophene rings is 1. The summed E-state index contributed by atoms with van der Waals surface area (Å²) in [6, 6.07) is 2.63. The van der Waals surface area contributed by atoms with Crippen molar-refractivity contribution >= 4 is 27.4 Å². The fourth-order valence-corrected chi connectivity index (χ4v) is 3.88. The van der Waals surface area contributed by atoms with Gasteiger partial charge in [0.1, 0.15) is 16.5 Å². The Kier molecular flexibility index (Phi) is 4.67. The van der Waals surface area contributed by atoms with Crippen molar-refractivity contribution in [3.8, 4) is 0 Å². The summed E-state index contributed by atoms with van der Waals surface area (Å²) >= 11 is 1.66. The van der Waals surface area contributed by atoms with E-state index in [9.17, 15) is 0 Å². The van der Waals surface area contributed by atoms with Crippen LogP contribution in [0.5, 0.6) is 0 Å². The molecule has 1 aliphatic heterocycles. The third-order valence-corrected chi connectivity index (χ3v) is 4.95. The van der Waals surface area contributed by atoms with Gasteiger partial charge >= 0.3 is 0 Å². The molecule has 1 aliphatic rings. The quantitative estimate of drug-likeness (QED) is 0.858. The highest BCUT2D eigenvalue weighted by molar-refractivity contribution is 7.16. The van der Waals surface area contributed by atoms with Gasteiger partial charge < -0.3 is 10.4 Å². The van der Waals surface area contributed by atoms with Crippen LogP contribution in [0.3, 0.4) is 0 Å². The van der Waals surface area contributed by atoms with Crippen molar-refractivity contribution in [2.45, 2.75) is 38.3 Å². The third kappa shape index (κ3) is 3.17. The highest BCUT2D eigenvalue weighted by Crippen LogP contribution is 2.27. The Morgan fingerprint density at radius 3 is 3.19 bits per heavy atom. The molecule has 21 heavy (non-hydrogen) atoms. The van der Waals surface area contributed by atoms with E-state index in [1.165, 1.54) is 12.8 Å². The summed E-state index contributed by atoms with van der Waals surface area (Å²) < 4.78 is 0. The van der Waals surface area contributed by atoms with Crippen LogP contribution in [0, 0.1) is 0 Å². The number of hydrogen-bond acceptors (Lipinski definition) is 6. The van der Waals surface area contributed by atoms with Gasteiger partial charge in [0.2, 0.25) is 0 Å². The first-order valence-electron chi connectivity index (χ1n) is 7.58. The summed E-state index contributed by atoms with van der Waals surface area (Å²) in [4.78, 5) is 12.9. The van der Waals surface area contributed by atoms with Crippen LogP contribution in [0.4, 0.5) is 5.82 Å². The molecular weight excluding hydrogens is 284 g/mol. The maximum Gasteiger partial charge on any atom is 0.146 e. The summed E-state index contributed by atoms with van der Waals surface area (Å²) in [6.07, 6.45) is 4.40. The van der Waals surface area contributed by atoms with Gasteiger partial charge in [0.15, 0.2) is 0 Å². The molecule has 2 aromatic heterocycles. The lowest BCUT2D eigenvalue weighted by atomic mass is 10.1. The first-order chi connectivity index (χ1) is 10.3. The van der Waals surface area contributed by atoms with Gasteiger partial charge in [0.25, 0.3) is 0 Å². The van der Waals surface area contributed by atoms with Crippen molar-refractivity contribution in [1.82, 2.24) is 14.9 Å². The van der Waals surface area contributed by atoms with Gasteiger partial charge in [-0.25, -0.2) is 9.97 Å². The van der Waals surface area contributed by atoms with Crippen LogP contribution in [0.15, 0.2) is 11.4 Å². The maximum absolute atomic E-state index is 9.02. The van der Waals surface area contributed by atoms with Crippen molar-refractivity contribution in [2.24, 2.45) is 0 Å². The standard InChI is InChI=1S/C15H22N4OS/c1-16-14-12-6-9-21-15(12)18-13(17-14)10-19-7-2-4-11(19)5-3-8-20/h6,9,11,20H,2-5,7-8,10H2,1H3,(H,16,17,18). The number of aliphatic hydroxyl groups excluding tert-OH is 1. The molecule has 6 heteroatoms. The molecule has 114 valence electrons. The van der Waals surface area contributed by atoms with Crippen LogP contribution in [-0.4, -0.2) is 46.2 Å². The van der Waals surface area contributed by atoms with E-state index in [-0.39, 0.29) is 6.61 Å².